The summed E-state index contributed by atoms with van der Waals surface area (Å²) in [4.78, 5) is 4.35. The Morgan fingerprint density at radius 3 is 2.59 bits per heavy atom. The number of nitrogens with two attached hydrogens (primary N) is 1. The Morgan fingerprint density at radius 2 is 1.95 bits per heavy atom. The summed E-state index contributed by atoms with van der Waals surface area (Å²) in [6.45, 7) is 0. The van der Waals surface area contributed by atoms with Gasteiger partial charge in [0.25, 0.3) is 0 Å². The number of imidazole rings is 1. The van der Waals surface area contributed by atoms with Crippen LogP contribution in [0.5, 0.6) is 0 Å². The quantitative estimate of drug-likeness (QED) is 0.720. The van der Waals surface area contributed by atoms with E-state index in [4.69, 9.17) is 11.6 Å². The van der Waals surface area contributed by atoms with Crippen LogP contribution in [-0.4, -0.2) is 17.8 Å². The number of anilines is 2. The van der Waals surface area contributed by atoms with Gasteiger partial charge in [-0.1, -0.05) is 5.92 Å². The maximum Gasteiger partial charge on any atom is 0.238 e. The van der Waals surface area contributed by atoms with Crippen molar-refractivity contribution >= 4 is 27.0 Å². The molecule has 110 valence electrons. The largest absolute Gasteiger partial charge is 0.352 e. The molecule has 3 rings (SSSR count). The summed E-state index contributed by atoms with van der Waals surface area (Å²) in [5.74, 6) is 2.56. The van der Waals surface area contributed by atoms with Gasteiger partial charge in [0.2, 0.25) is 10.0 Å². The molecule has 0 aliphatic rings. The number of primary sulfonamides is 1. The van der Waals surface area contributed by atoms with Crippen molar-refractivity contribution in [3.8, 4) is 12.3 Å². The van der Waals surface area contributed by atoms with Crippen molar-refractivity contribution in [2.75, 3.05) is 5.32 Å². The summed E-state index contributed by atoms with van der Waals surface area (Å²) in [5, 5.41) is 8.25. The van der Waals surface area contributed by atoms with E-state index in [1.165, 1.54) is 12.1 Å². The molecule has 0 aliphatic carbocycles. The Hall–Kier alpha value is -2.82. The number of sulfonamides is 1. The van der Waals surface area contributed by atoms with E-state index in [-0.39, 0.29) is 4.90 Å². The van der Waals surface area contributed by atoms with Gasteiger partial charge < -0.3 is 5.32 Å². The van der Waals surface area contributed by atoms with E-state index in [0.29, 0.717) is 17.0 Å². The van der Waals surface area contributed by atoms with Gasteiger partial charge in [-0.2, -0.15) is 0 Å². The lowest BCUT2D eigenvalue weighted by molar-refractivity contribution is 0.598. The number of nitrogens with one attached hydrogen (secondary N) is 1. The number of hydrogen-bond donors (Lipinski definition) is 2. The van der Waals surface area contributed by atoms with Crippen molar-refractivity contribution in [1.82, 2.24) is 9.38 Å². The van der Waals surface area contributed by atoms with E-state index < -0.39 is 10.0 Å². The average molecular weight is 312 g/mol. The zero-order chi connectivity index (χ0) is 15.7. The van der Waals surface area contributed by atoms with Crippen LogP contribution in [0.15, 0.2) is 53.7 Å². The Kier molecular flexibility index (Phi) is 3.33. The maximum atomic E-state index is 11.2. The number of pyridine rings is 1. The number of benzene rings is 1. The summed E-state index contributed by atoms with van der Waals surface area (Å²) >= 11 is 0. The van der Waals surface area contributed by atoms with Gasteiger partial charge in [-0.05, 0) is 36.4 Å². The molecule has 0 atom stereocenters. The molecule has 0 saturated heterocycles. The van der Waals surface area contributed by atoms with Crippen molar-refractivity contribution in [3.05, 3.63) is 54.5 Å². The van der Waals surface area contributed by atoms with E-state index in [1.54, 1.807) is 22.7 Å². The Labute approximate surface area is 127 Å². The van der Waals surface area contributed by atoms with E-state index in [9.17, 15) is 8.42 Å². The molecule has 0 amide bonds. The van der Waals surface area contributed by atoms with Crippen LogP contribution in [0.4, 0.5) is 11.4 Å². The molecule has 0 spiro atoms. The van der Waals surface area contributed by atoms with Crippen LogP contribution in [0.2, 0.25) is 0 Å². The summed E-state index contributed by atoms with van der Waals surface area (Å²) < 4.78 is 24.3. The minimum absolute atomic E-state index is 0.0617. The first-order valence-corrected chi connectivity index (χ1v) is 7.86. The van der Waals surface area contributed by atoms with E-state index in [2.05, 4.69) is 16.2 Å². The van der Waals surface area contributed by atoms with E-state index >= 15 is 0 Å². The summed E-state index contributed by atoms with van der Waals surface area (Å²) in [6, 6.07) is 9.85. The predicted molar refractivity (Wildman–Crippen MR) is 84.2 cm³/mol. The van der Waals surface area contributed by atoms with Gasteiger partial charge >= 0.3 is 0 Å². The first-order chi connectivity index (χ1) is 10.5. The average Bonchev–Trinajstić information content (AvgIpc) is 2.91. The Balaban J connectivity index is 1.97. The minimum Gasteiger partial charge on any atom is -0.352 e. The van der Waals surface area contributed by atoms with Gasteiger partial charge in [-0.25, -0.2) is 18.5 Å². The Bertz CT molecular complexity index is 983. The third-order valence-corrected chi connectivity index (χ3v) is 4.07. The summed E-state index contributed by atoms with van der Waals surface area (Å²) in [6.07, 6.45) is 8.86. The first-order valence-electron chi connectivity index (χ1n) is 6.31. The van der Waals surface area contributed by atoms with Crippen LogP contribution >= 0.6 is 0 Å². The third-order valence-electron chi connectivity index (χ3n) is 3.15. The SMILES string of the molecule is C#Cc1cnc2c(Nc3ccc(S(N)(=O)=O)cc3)cccn12. The standard InChI is InChI=1S/C15H12N4O2S/c1-2-12-10-17-15-14(4-3-9-19(12)15)18-11-5-7-13(8-6-11)22(16,20)21/h1,3-10,18H,(H2,16,20,21). The topological polar surface area (TPSA) is 89.5 Å². The highest BCUT2D eigenvalue weighted by Crippen LogP contribution is 2.22. The molecule has 0 saturated carbocycles. The second-order valence-corrected chi connectivity index (χ2v) is 6.16. The smallest absolute Gasteiger partial charge is 0.238 e. The van der Waals surface area contributed by atoms with Gasteiger partial charge in [0.1, 0.15) is 5.69 Å². The number of nitrogens with zero attached hydrogens (tertiary/aromatic N) is 2. The molecule has 3 N–H and O–H groups in total. The number of hydrogen-bond acceptors (Lipinski definition) is 4. The number of fused-ring (bicyclic) bond motifs is 1. The molecular formula is C15H12N4O2S. The molecular weight excluding hydrogens is 300 g/mol. The van der Waals surface area contributed by atoms with E-state index in [0.717, 1.165) is 5.69 Å². The molecule has 0 radical (unpaired) electrons. The van der Waals surface area contributed by atoms with Gasteiger partial charge in [0, 0.05) is 11.9 Å². The van der Waals surface area contributed by atoms with Gasteiger partial charge in [0.15, 0.2) is 5.65 Å². The third kappa shape index (κ3) is 2.53. The normalized spacial score (nSPS) is 11.3. The number of terminal acetylenes is 1. The fourth-order valence-corrected chi connectivity index (χ4v) is 2.61. The molecule has 22 heavy (non-hydrogen) atoms. The lowest BCUT2D eigenvalue weighted by Crippen LogP contribution is -2.11. The minimum atomic E-state index is -3.69. The van der Waals surface area contributed by atoms with Crippen molar-refractivity contribution in [2.45, 2.75) is 4.90 Å². The maximum absolute atomic E-state index is 11.2. The fourth-order valence-electron chi connectivity index (χ4n) is 2.10. The first kappa shape index (κ1) is 14.1. The Morgan fingerprint density at radius 1 is 1.23 bits per heavy atom. The monoisotopic (exact) mass is 312 g/mol. The number of rotatable bonds is 3. The highest BCUT2D eigenvalue weighted by Gasteiger charge is 2.09. The lowest BCUT2D eigenvalue weighted by atomic mass is 10.3. The van der Waals surface area contributed by atoms with Crippen LogP contribution in [0.3, 0.4) is 0 Å². The fraction of sp³-hybridized carbons (Fsp3) is 0. The van der Waals surface area contributed by atoms with Gasteiger partial charge in [0.05, 0.1) is 16.8 Å². The molecule has 0 aliphatic heterocycles. The summed E-state index contributed by atoms with van der Waals surface area (Å²) in [7, 11) is -3.69. The van der Waals surface area contributed by atoms with Crippen molar-refractivity contribution in [1.29, 1.82) is 0 Å². The van der Waals surface area contributed by atoms with Crippen LogP contribution in [-0.2, 0) is 10.0 Å². The van der Waals surface area contributed by atoms with Crippen molar-refractivity contribution < 1.29 is 8.42 Å². The molecule has 6 nitrogen and oxygen atoms in total. The van der Waals surface area contributed by atoms with Crippen LogP contribution in [0.1, 0.15) is 5.69 Å². The molecule has 2 aromatic heterocycles. The second kappa shape index (κ2) is 5.18. The van der Waals surface area contributed by atoms with Gasteiger partial charge in [-0.15, -0.1) is 6.42 Å². The summed E-state index contributed by atoms with van der Waals surface area (Å²) in [5.41, 5.74) is 2.81. The number of aromatic nitrogens is 2. The zero-order valence-corrected chi connectivity index (χ0v) is 12.2. The highest BCUT2D eigenvalue weighted by molar-refractivity contribution is 7.89. The van der Waals surface area contributed by atoms with Gasteiger partial charge in [-0.3, -0.25) is 4.40 Å². The lowest BCUT2D eigenvalue weighted by Gasteiger charge is -2.08. The molecule has 0 unspecified atom stereocenters. The van der Waals surface area contributed by atoms with E-state index in [1.807, 2.05) is 18.3 Å². The molecule has 1 aromatic carbocycles. The molecule has 0 fully saturated rings. The molecule has 2 heterocycles. The zero-order valence-electron chi connectivity index (χ0n) is 11.4. The molecule has 3 aromatic rings. The highest BCUT2D eigenvalue weighted by atomic mass is 32.2. The van der Waals surface area contributed by atoms with Crippen LogP contribution in [0.25, 0.3) is 5.65 Å². The molecule has 7 heteroatoms. The van der Waals surface area contributed by atoms with Crippen molar-refractivity contribution in [2.24, 2.45) is 5.14 Å². The second-order valence-electron chi connectivity index (χ2n) is 4.60. The van der Waals surface area contributed by atoms with Crippen LogP contribution in [0, 0.1) is 12.3 Å². The van der Waals surface area contributed by atoms with Crippen LogP contribution < -0.4 is 10.5 Å². The van der Waals surface area contributed by atoms with Crippen molar-refractivity contribution in [3.63, 3.8) is 0 Å². The molecule has 0 bridgehead atoms. The predicted octanol–water partition coefficient (Wildman–Crippen LogP) is 1.71.